The van der Waals surface area contributed by atoms with Gasteiger partial charge in [0.25, 0.3) is 0 Å². The van der Waals surface area contributed by atoms with Crippen molar-refractivity contribution in [3.05, 3.63) is 60.1 Å². The summed E-state index contributed by atoms with van der Waals surface area (Å²) >= 11 is 5.87. The van der Waals surface area contributed by atoms with Crippen LogP contribution in [0.15, 0.2) is 59.3 Å². The zero-order chi connectivity index (χ0) is 14.2. The van der Waals surface area contributed by atoms with Gasteiger partial charge in [-0.1, -0.05) is 6.07 Å². The van der Waals surface area contributed by atoms with E-state index in [2.05, 4.69) is 15.0 Å². The van der Waals surface area contributed by atoms with Crippen LogP contribution in [0.5, 0.6) is 0 Å². The number of nitrogens with zero attached hydrogens (tertiary/aromatic N) is 4. The minimum absolute atomic E-state index is 0.317. The highest BCUT2D eigenvalue weighted by atomic mass is 35.5. The predicted molar refractivity (Wildman–Crippen MR) is 79.4 cm³/mol. The molecule has 0 saturated heterocycles. The Kier molecular flexibility index (Phi) is 2.72. The Labute approximate surface area is 124 Å². The molecule has 6 heteroatoms. The Bertz CT molecular complexity index is 914. The minimum Gasteiger partial charge on any atom is -0.441 e. The van der Waals surface area contributed by atoms with E-state index in [-0.39, 0.29) is 0 Å². The molecule has 4 aromatic heterocycles. The summed E-state index contributed by atoms with van der Waals surface area (Å²) in [5, 5.41) is 0.317. The van der Waals surface area contributed by atoms with Crippen molar-refractivity contribution in [1.29, 1.82) is 0 Å². The van der Waals surface area contributed by atoms with E-state index in [4.69, 9.17) is 16.0 Å². The first-order chi connectivity index (χ1) is 10.3. The summed E-state index contributed by atoms with van der Waals surface area (Å²) in [4.78, 5) is 13.3. The summed E-state index contributed by atoms with van der Waals surface area (Å²) in [5.41, 5.74) is 1.49. The fourth-order valence-corrected chi connectivity index (χ4v) is 2.36. The van der Waals surface area contributed by atoms with Crippen molar-refractivity contribution in [3.8, 4) is 17.4 Å². The van der Waals surface area contributed by atoms with Crippen LogP contribution in [0.1, 0.15) is 0 Å². The first kappa shape index (κ1) is 12.1. The molecule has 21 heavy (non-hydrogen) atoms. The zero-order valence-corrected chi connectivity index (χ0v) is 11.5. The SMILES string of the molecule is Clc1ccc(-c2nc3cccnc3n2-c2ccccn2)o1. The third kappa shape index (κ3) is 1.98. The Balaban J connectivity index is 2.06. The number of halogens is 1. The lowest BCUT2D eigenvalue weighted by atomic mass is 10.4. The van der Waals surface area contributed by atoms with E-state index in [9.17, 15) is 0 Å². The molecule has 0 unspecified atom stereocenters. The van der Waals surface area contributed by atoms with Crippen molar-refractivity contribution in [2.45, 2.75) is 0 Å². The van der Waals surface area contributed by atoms with Gasteiger partial charge in [-0.15, -0.1) is 0 Å². The van der Waals surface area contributed by atoms with E-state index in [0.29, 0.717) is 16.8 Å². The molecule has 0 radical (unpaired) electrons. The summed E-state index contributed by atoms with van der Waals surface area (Å²) in [6, 6.07) is 12.9. The van der Waals surface area contributed by atoms with Gasteiger partial charge >= 0.3 is 0 Å². The van der Waals surface area contributed by atoms with Crippen LogP contribution in [0.2, 0.25) is 5.22 Å². The average Bonchev–Trinajstić information content (AvgIpc) is 3.11. The van der Waals surface area contributed by atoms with E-state index in [0.717, 1.165) is 17.0 Å². The van der Waals surface area contributed by atoms with Gasteiger partial charge in [-0.3, -0.25) is 4.57 Å². The summed E-state index contributed by atoms with van der Waals surface area (Å²) in [6.07, 6.45) is 3.45. The zero-order valence-electron chi connectivity index (χ0n) is 10.8. The van der Waals surface area contributed by atoms with Crippen molar-refractivity contribution in [2.75, 3.05) is 0 Å². The van der Waals surface area contributed by atoms with E-state index in [1.807, 2.05) is 34.9 Å². The smallest absolute Gasteiger partial charge is 0.194 e. The quantitative estimate of drug-likeness (QED) is 0.565. The lowest BCUT2D eigenvalue weighted by Gasteiger charge is -2.05. The van der Waals surface area contributed by atoms with E-state index in [1.165, 1.54) is 0 Å². The standard InChI is InChI=1S/C15H9ClN4O/c16-12-7-6-11(21-12)15-19-10-4-3-9-18-14(10)20(15)13-5-1-2-8-17-13/h1-9H. The van der Waals surface area contributed by atoms with Gasteiger partial charge < -0.3 is 4.42 Å². The summed E-state index contributed by atoms with van der Waals surface area (Å²) < 4.78 is 7.34. The molecule has 0 aliphatic carbocycles. The maximum atomic E-state index is 5.87. The Hall–Kier alpha value is -2.66. The number of pyridine rings is 2. The van der Waals surface area contributed by atoms with Crippen molar-refractivity contribution in [2.24, 2.45) is 0 Å². The fraction of sp³-hybridized carbons (Fsp3) is 0. The van der Waals surface area contributed by atoms with Crippen LogP contribution < -0.4 is 0 Å². The van der Waals surface area contributed by atoms with Gasteiger partial charge in [-0.2, -0.15) is 0 Å². The second-order valence-corrected chi connectivity index (χ2v) is 4.78. The van der Waals surface area contributed by atoms with Crippen molar-refractivity contribution in [1.82, 2.24) is 19.5 Å². The molecule has 0 aromatic carbocycles. The maximum Gasteiger partial charge on any atom is 0.194 e. The highest BCUT2D eigenvalue weighted by molar-refractivity contribution is 6.28. The molecule has 0 spiro atoms. The fourth-order valence-electron chi connectivity index (χ4n) is 2.22. The molecule has 0 saturated carbocycles. The van der Waals surface area contributed by atoms with Crippen LogP contribution >= 0.6 is 11.6 Å². The molecule has 102 valence electrons. The predicted octanol–water partition coefficient (Wildman–Crippen LogP) is 3.73. The van der Waals surface area contributed by atoms with Gasteiger partial charge in [0.05, 0.1) is 0 Å². The van der Waals surface area contributed by atoms with Crippen LogP contribution in [0, 0.1) is 0 Å². The van der Waals surface area contributed by atoms with Crippen LogP contribution in [-0.2, 0) is 0 Å². The molecule has 4 aromatic rings. The molecule has 0 aliphatic rings. The first-order valence-corrected chi connectivity index (χ1v) is 6.71. The lowest BCUT2D eigenvalue weighted by molar-refractivity contribution is 0.578. The van der Waals surface area contributed by atoms with Crippen molar-refractivity contribution in [3.63, 3.8) is 0 Å². The number of aromatic nitrogens is 4. The Morgan fingerprint density at radius 3 is 2.62 bits per heavy atom. The minimum atomic E-state index is 0.317. The molecule has 4 heterocycles. The van der Waals surface area contributed by atoms with Gasteiger partial charge in [0.2, 0.25) is 0 Å². The second kappa shape index (κ2) is 4.71. The van der Waals surface area contributed by atoms with Gasteiger partial charge in [0.1, 0.15) is 11.3 Å². The van der Waals surface area contributed by atoms with E-state index in [1.54, 1.807) is 24.5 Å². The lowest BCUT2D eigenvalue weighted by Crippen LogP contribution is -2.00. The molecule has 0 fully saturated rings. The normalized spacial score (nSPS) is 11.1. The van der Waals surface area contributed by atoms with Crippen LogP contribution in [-0.4, -0.2) is 19.5 Å². The van der Waals surface area contributed by atoms with Crippen molar-refractivity contribution < 1.29 is 4.42 Å². The van der Waals surface area contributed by atoms with Gasteiger partial charge in [-0.25, -0.2) is 15.0 Å². The number of hydrogen-bond donors (Lipinski definition) is 0. The molecule has 4 rings (SSSR count). The highest BCUT2D eigenvalue weighted by Crippen LogP contribution is 2.29. The average molecular weight is 297 g/mol. The van der Waals surface area contributed by atoms with E-state index >= 15 is 0 Å². The number of imidazole rings is 1. The molecule has 0 atom stereocenters. The number of rotatable bonds is 2. The molecule has 0 bridgehead atoms. The van der Waals surface area contributed by atoms with Gasteiger partial charge in [-0.05, 0) is 48.0 Å². The molecule has 0 amide bonds. The molecular formula is C15H9ClN4O. The van der Waals surface area contributed by atoms with Crippen LogP contribution in [0.25, 0.3) is 28.6 Å². The molecule has 0 aliphatic heterocycles. The number of furan rings is 1. The van der Waals surface area contributed by atoms with Crippen LogP contribution in [0.3, 0.4) is 0 Å². The largest absolute Gasteiger partial charge is 0.441 e. The molecular weight excluding hydrogens is 288 g/mol. The maximum absolute atomic E-state index is 5.87. The monoisotopic (exact) mass is 296 g/mol. The third-order valence-electron chi connectivity index (χ3n) is 3.09. The topological polar surface area (TPSA) is 56.7 Å². The Morgan fingerprint density at radius 1 is 0.952 bits per heavy atom. The highest BCUT2D eigenvalue weighted by Gasteiger charge is 2.18. The van der Waals surface area contributed by atoms with Gasteiger partial charge in [0.15, 0.2) is 22.5 Å². The second-order valence-electron chi connectivity index (χ2n) is 4.41. The number of hydrogen-bond acceptors (Lipinski definition) is 4. The number of fused-ring (bicyclic) bond motifs is 1. The summed E-state index contributed by atoms with van der Waals surface area (Å²) in [7, 11) is 0. The van der Waals surface area contributed by atoms with Gasteiger partial charge in [0, 0.05) is 12.4 Å². The summed E-state index contributed by atoms with van der Waals surface area (Å²) in [5.74, 6) is 1.92. The Morgan fingerprint density at radius 2 is 1.86 bits per heavy atom. The summed E-state index contributed by atoms with van der Waals surface area (Å²) in [6.45, 7) is 0. The van der Waals surface area contributed by atoms with Crippen molar-refractivity contribution >= 4 is 22.8 Å². The molecule has 0 N–H and O–H groups in total. The molecule has 5 nitrogen and oxygen atoms in total. The van der Waals surface area contributed by atoms with E-state index < -0.39 is 0 Å². The first-order valence-electron chi connectivity index (χ1n) is 6.33. The van der Waals surface area contributed by atoms with Crippen LogP contribution in [0.4, 0.5) is 0 Å². The third-order valence-corrected chi connectivity index (χ3v) is 3.29.